The summed E-state index contributed by atoms with van der Waals surface area (Å²) in [6, 6.07) is 0. The Bertz CT molecular complexity index is 395. The maximum absolute atomic E-state index is 6.07. The van der Waals surface area contributed by atoms with E-state index in [4.69, 9.17) is 4.74 Å². The van der Waals surface area contributed by atoms with Crippen LogP contribution in [0.25, 0.3) is 0 Å². The Hall–Kier alpha value is -0.550. The number of nitrogens with one attached hydrogen (secondary N) is 1. The first-order chi connectivity index (χ1) is 8.84. The zero-order valence-corrected chi connectivity index (χ0v) is 12.2. The molecule has 1 N–H and O–H groups in total. The Kier molecular flexibility index (Phi) is 3.89. The third-order valence-electron chi connectivity index (χ3n) is 3.88. The first-order valence-corrected chi connectivity index (χ1v) is 7.77. The Balaban J connectivity index is 1.68. The van der Waals surface area contributed by atoms with Crippen molar-refractivity contribution in [3.8, 4) is 5.75 Å². The molecule has 0 amide bonds. The van der Waals surface area contributed by atoms with Crippen molar-refractivity contribution in [3.05, 3.63) is 10.8 Å². The van der Waals surface area contributed by atoms with E-state index in [9.17, 15) is 0 Å². The van der Waals surface area contributed by atoms with Gasteiger partial charge in [-0.1, -0.05) is 6.42 Å². The van der Waals surface area contributed by atoms with Crippen molar-refractivity contribution < 1.29 is 4.74 Å². The first-order valence-electron chi connectivity index (χ1n) is 6.97. The third kappa shape index (κ3) is 2.57. The highest BCUT2D eigenvalue weighted by Gasteiger charge is 2.23. The number of hydrogen-bond donors (Lipinski definition) is 1. The Morgan fingerprint density at radius 2 is 2.06 bits per heavy atom. The maximum atomic E-state index is 6.07. The molecule has 0 aromatic carbocycles. The van der Waals surface area contributed by atoms with E-state index in [0.29, 0.717) is 12.3 Å². The predicted molar refractivity (Wildman–Crippen MR) is 73.7 cm³/mol. The van der Waals surface area contributed by atoms with Crippen molar-refractivity contribution in [3.63, 3.8) is 0 Å². The van der Waals surface area contributed by atoms with Crippen LogP contribution in [0.2, 0.25) is 0 Å². The number of hydrogen-bond acceptors (Lipinski definition) is 3. The van der Waals surface area contributed by atoms with Crippen LogP contribution < -0.4 is 10.1 Å². The van der Waals surface area contributed by atoms with Gasteiger partial charge in [0.2, 0.25) is 0 Å². The van der Waals surface area contributed by atoms with Gasteiger partial charge >= 0.3 is 0 Å². The molecule has 1 aromatic heterocycles. The lowest BCUT2D eigenvalue weighted by Crippen LogP contribution is -2.22. The molecule has 1 unspecified atom stereocenters. The fourth-order valence-corrected chi connectivity index (χ4v) is 3.40. The van der Waals surface area contributed by atoms with Gasteiger partial charge in [0.25, 0.3) is 0 Å². The summed E-state index contributed by atoms with van der Waals surface area (Å²) in [6.45, 7) is 1.08. The van der Waals surface area contributed by atoms with Gasteiger partial charge in [0, 0.05) is 0 Å². The van der Waals surface area contributed by atoms with Gasteiger partial charge in [0.05, 0.1) is 12.3 Å². The fraction of sp³-hybridized carbons (Fsp3) is 0.769. The SMILES string of the molecule is Brc1c(OC2CCCCC2)cnn1C1CCCN1. The molecule has 2 aliphatic rings. The van der Waals surface area contributed by atoms with Gasteiger partial charge < -0.3 is 4.74 Å². The lowest BCUT2D eigenvalue weighted by Gasteiger charge is -2.22. The lowest BCUT2D eigenvalue weighted by molar-refractivity contribution is 0.153. The number of nitrogens with zero attached hydrogens (tertiary/aromatic N) is 2. The molecule has 0 bridgehead atoms. The zero-order valence-electron chi connectivity index (χ0n) is 10.6. The summed E-state index contributed by atoms with van der Waals surface area (Å²) in [5.74, 6) is 0.899. The molecule has 0 radical (unpaired) electrons. The minimum atomic E-state index is 0.322. The van der Waals surface area contributed by atoms with E-state index in [0.717, 1.165) is 23.3 Å². The van der Waals surface area contributed by atoms with Crippen molar-refractivity contribution in [2.75, 3.05) is 6.54 Å². The Morgan fingerprint density at radius 3 is 2.78 bits per heavy atom. The quantitative estimate of drug-likeness (QED) is 0.931. The second-order valence-electron chi connectivity index (χ2n) is 5.23. The van der Waals surface area contributed by atoms with Crippen molar-refractivity contribution in [1.29, 1.82) is 0 Å². The van der Waals surface area contributed by atoms with Crippen LogP contribution in [0.3, 0.4) is 0 Å². The topological polar surface area (TPSA) is 39.1 Å². The largest absolute Gasteiger partial charge is 0.486 e. The fourth-order valence-electron chi connectivity index (χ4n) is 2.87. The van der Waals surface area contributed by atoms with Crippen LogP contribution in [0.5, 0.6) is 5.75 Å². The summed E-state index contributed by atoms with van der Waals surface area (Å²) in [6.07, 6.45) is 11.2. The highest BCUT2D eigenvalue weighted by Crippen LogP contribution is 2.32. The highest BCUT2D eigenvalue weighted by molar-refractivity contribution is 9.10. The van der Waals surface area contributed by atoms with Gasteiger partial charge in [-0.25, -0.2) is 4.68 Å². The second kappa shape index (κ2) is 5.61. The molecule has 3 rings (SSSR count). The molecule has 18 heavy (non-hydrogen) atoms. The van der Waals surface area contributed by atoms with Crippen molar-refractivity contribution >= 4 is 15.9 Å². The summed E-state index contributed by atoms with van der Waals surface area (Å²) >= 11 is 3.62. The molecule has 1 aromatic rings. The van der Waals surface area contributed by atoms with Crippen LogP contribution in [-0.4, -0.2) is 22.4 Å². The summed E-state index contributed by atoms with van der Waals surface area (Å²) in [7, 11) is 0. The van der Waals surface area contributed by atoms with E-state index in [2.05, 4.69) is 26.3 Å². The molecule has 1 saturated carbocycles. The van der Waals surface area contributed by atoms with Crippen LogP contribution in [0.1, 0.15) is 51.1 Å². The summed E-state index contributed by atoms with van der Waals surface area (Å²) < 4.78 is 9.05. The smallest absolute Gasteiger partial charge is 0.172 e. The molecule has 1 aliphatic heterocycles. The molecule has 4 nitrogen and oxygen atoms in total. The van der Waals surface area contributed by atoms with E-state index in [1.54, 1.807) is 0 Å². The molecule has 0 spiro atoms. The molecule has 1 atom stereocenters. The van der Waals surface area contributed by atoms with E-state index in [1.807, 2.05) is 10.9 Å². The first kappa shape index (κ1) is 12.5. The molecular weight excluding hydrogens is 294 g/mol. The van der Waals surface area contributed by atoms with E-state index < -0.39 is 0 Å². The summed E-state index contributed by atoms with van der Waals surface area (Å²) in [5, 5.41) is 7.89. The van der Waals surface area contributed by atoms with E-state index >= 15 is 0 Å². The standard InChI is InChI=1S/C13H20BrN3O/c14-13-11(18-10-5-2-1-3-6-10)9-16-17(13)12-7-4-8-15-12/h9-10,12,15H,1-8H2. The molecule has 100 valence electrons. The average Bonchev–Trinajstić information content (AvgIpc) is 3.02. The molecule has 2 heterocycles. The molecule has 1 saturated heterocycles. The van der Waals surface area contributed by atoms with Crippen LogP contribution >= 0.6 is 15.9 Å². The zero-order chi connectivity index (χ0) is 12.4. The summed E-state index contributed by atoms with van der Waals surface area (Å²) in [4.78, 5) is 0. The van der Waals surface area contributed by atoms with Crippen molar-refractivity contribution in [2.24, 2.45) is 0 Å². The second-order valence-corrected chi connectivity index (χ2v) is 5.99. The molecule has 5 heteroatoms. The Morgan fingerprint density at radius 1 is 1.22 bits per heavy atom. The van der Waals surface area contributed by atoms with Gasteiger partial charge in [-0.05, 0) is 61.0 Å². The van der Waals surface area contributed by atoms with E-state index in [-0.39, 0.29) is 0 Å². The van der Waals surface area contributed by atoms with Crippen molar-refractivity contribution in [1.82, 2.24) is 15.1 Å². The minimum absolute atomic E-state index is 0.322. The maximum Gasteiger partial charge on any atom is 0.172 e. The van der Waals surface area contributed by atoms with E-state index in [1.165, 1.54) is 38.5 Å². The third-order valence-corrected chi connectivity index (χ3v) is 4.63. The van der Waals surface area contributed by atoms with Crippen LogP contribution in [-0.2, 0) is 0 Å². The highest BCUT2D eigenvalue weighted by atomic mass is 79.9. The van der Waals surface area contributed by atoms with Gasteiger partial charge in [0.1, 0.15) is 10.8 Å². The van der Waals surface area contributed by atoms with Crippen molar-refractivity contribution in [2.45, 2.75) is 57.2 Å². The van der Waals surface area contributed by atoms with Gasteiger partial charge in [-0.2, -0.15) is 5.10 Å². The van der Waals surface area contributed by atoms with Crippen LogP contribution in [0.15, 0.2) is 10.8 Å². The average molecular weight is 314 g/mol. The number of halogens is 1. The monoisotopic (exact) mass is 313 g/mol. The number of ether oxygens (including phenoxy) is 1. The normalized spacial score (nSPS) is 25.5. The minimum Gasteiger partial charge on any atom is -0.486 e. The predicted octanol–water partition coefficient (Wildman–Crippen LogP) is 3.24. The van der Waals surface area contributed by atoms with Gasteiger partial charge in [0.15, 0.2) is 5.75 Å². The Labute approximate surface area is 116 Å². The number of aromatic nitrogens is 2. The number of rotatable bonds is 3. The molecular formula is C13H20BrN3O. The van der Waals surface area contributed by atoms with Crippen LogP contribution in [0.4, 0.5) is 0 Å². The summed E-state index contributed by atoms with van der Waals surface area (Å²) in [5.41, 5.74) is 0. The van der Waals surface area contributed by atoms with Gasteiger partial charge in [-0.3, -0.25) is 5.32 Å². The lowest BCUT2D eigenvalue weighted by atomic mass is 9.98. The molecule has 1 aliphatic carbocycles. The van der Waals surface area contributed by atoms with Gasteiger partial charge in [-0.15, -0.1) is 0 Å². The van der Waals surface area contributed by atoms with Crippen LogP contribution in [0, 0.1) is 0 Å². The molecule has 2 fully saturated rings.